The highest BCUT2D eigenvalue weighted by atomic mass is 32.1. The number of fused-ring (bicyclic) bond motifs is 1. The van der Waals surface area contributed by atoms with Crippen LogP contribution < -0.4 is 5.32 Å². The fraction of sp³-hybridized carbons (Fsp3) is 0.412. The van der Waals surface area contributed by atoms with Gasteiger partial charge in [-0.3, -0.25) is 0 Å². The minimum atomic E-state index is -0.437. The molecular formula is C17H21N3O3S. The van der Waals surface area contributed by atoms with E-state index in [1.165, 1.54) is 18.4 Å². The second-order valence-corrected chi connectivity index (χ2v) is 7.01. The van der Waals surface area contributed by atoms with Gasteiger partial charge in [0.25, 0.3) is 0 Å². The van der Waals surface area contributed by atoms with Gasteiger partial charge in [-0.05, 0) is 29.5 Å². The van der Waals surface area contributed by atoms with Gasteiger partial charge in [0.15, 0.2) is 0 Å². The van der Waals surface area contributed by atoms with Gasteiger partial charge >= 0.3 is 12.0 Å². The zero-order valence-electron chi connectivity index (χ0n) is 14.0. The quantitative estimate of drug-likeness (QED) is 0.863. The van der Waals surface area contributed by atoms with Gasteiger partial charge < -0.3 is 19.5 Å². The van der Waals surface area contributed by atoms with Gasteiger partial charge in [-0.1, -0.05) is 13.8 Å². The molecule has 0 saturated heterocycles. The first kappa shape index (κ1) is 16.6. The minimum absolute atomic E-state index is 0.00830. The molecule has 1 N–H and O–H groups in total. The van der Waals surface area contributed by atoms with E-state index >= 15 is 0 Å². The Morgan fingerprint density at radius 2 is 2.12 bits per heavy atom. The van der Waals surface area contributed by atoms with Crippen LogP contribution in [-0.4, -0.2) is 35.1 Å². The van der Waals surface area contributed by atoms with Crippen molar-refractivity contribution in [3.05, 3.63) is 40.3 Å². The highest BCUT2D eigenvalue weighted by Crippen LogP contribution is 2.33. The Kier molecular flexibility index (Phi) is 4.62. The molecule has 0 fully saturated rings. The van der Waals surface area contributed by atoms with Crippen molar-refractivity contribution in [3.63, 3.8) is 0 Å². The molecule has 3 rings (SSSR count). The Morgan fingerprint density at radius 1 is 1.33 bits per heavy atom. The molecule has 0 aliphatic carbocycles. The summed E-state index contributed by atoms with van der Waals surface area (Å²) in [6, 6.07) is 5.62. The molecule has 128 valence electrons. The predicted octanol–water partition coefficient (Wildman–Crippen LogP) is 3.58. The average molecular weight is 347 g/mol. The van der Waals surface area contributed by atoms with E-state index in [-0.39, 0.29) is 18.0 Å². The van der Waals surface area contributed by atoms with Crippen molar-refractivity contribution in [2.45, 2.75) is 26.4 Å². The van der Waals surface area contributed by atoms with Crippen LogP contribution in [0.2, 0.25) is 0 Å². The molecule has 2 aromatic heterocycles. The highest BCUT2D eigenvalue weighted by Gasteiger charge is 2.33. The first-order valence-electron chi connectivity index (χ1n) is 7.91. The van der Waals surface area contributed by atoms with Crippen LogP contribution in [0.1, 0.15) is 35.3 Å². The number of ether oxygens (including phenoxy) is 1. The van der Waals surface area contributed by atoms with Crippen LogP contribution in [0.15, 0.2) is 29.8 Å². The van der Waals surface area contributed by atoms with Crippen LogP contribution in [0.4, 0.5) is 10.5 Å². The Hall–Kier alpha value is -2.28. The number of methoxy groups -OCH3 is 1. The van der Waals surface area contributed by atoms with Gasteiger partial charge in [0.1, 0.15) is 4.88 Å². The van der Waals surface area contributed by atoms with Crippen molar-refractivity contribution in [1.29, 1.82) is 0 Å². The van der Waals surface area contributed by atoms with Gasteiger partial charge in [-0.2, -0.15) is 0 Å². The van der Waals surface area contributed by atoms with E-state index in [1.54, 1.807) is 11.4 Å². The van der Waals surface area contributed by atoms with E-state index in [9.17, 15) is 9.59 Å². The molecule has 6 nitrogen and oxygen atoms in total. The third-order valence-electron chi connectivity index (χ3n) is 4.26. The summed E-state index contributed by atoms with van der Waals surface area (Å²) in [6.07, 6.45) is 2.05. The van der Waals surface area contributed by atoms with E-state index in [2.05, 4.69) is 29.8 Å². The summed E-state index contributed by atoms with van der Waals surface area (Å²) in [7, 11) is 1.33. The summed E-state index contributed by atoms with van der Waals surface area (Å²) in [6.45, 7) is 5.62. The van der Waals surface area contributed by atoms with Gasteiger partial charge in [0.2, 0.25) is 0 Å². The van der Waals surface area contributed by atoms with Crippen molar-refractivity contribution in [1.82, 2.24) is 9.47 Å². The topological polar surface area (TPSA) is 63.6 Å². The maximum absolute atomic E-state index is 12.8. The highest BCUT2D eigenvalue weighted by molar-refractivity contribution is 7.12. The van der Waals surface area contributed by atoms with E-state index < -0.39 is 5.97 Å². The standard InChI is InChI=1S/C17H21N3O3S/c1-11(2)14-13-5-4-7-19(13)8-9-20(14)17(22)18-12-6-10-24-15(12)16(21)23-3/h4-7,10-11,14H,8-9H2,1-3H3,(H,18,22)/t14-/m0/s1. The lowest BCUT2D eigenvalue weighted by molar-refractivity contribution is 0.0607. The largest absolute Gasteiger partial charge is 0.465 e. The summed E-state index contributed by atoms with van der Waals surface area (Å²) in [5.41, 5.74) is 1.64. The molecule has 2 amide bonds. The van der Waals surface area contributed by atoms with Crippen molar-refractivity contribution >= 4 is 29.0 Å². The SMILES string of the molecule is COC(=O)c1sccc1NC(=O)N1CCn2cccc2[C@@H]1C(C)C. The number of thiophene rings is 1. The Balaban J connectivity index is 1.83. The summed E-state index contributed by atoms with van der Waals surface area (Å²) >= 11 is 1.26. The average Bonchev–Trinajstić information content (AvgIpc) is 3.21. The molecular weight excluding hydrogens is 326 g/mol. The van der Waals surface area contributed by atoms with Gasteiger partial charge in [-0.25, -0.2) is 9.59 Å². The molecule has 1 aliphatic rings. The number of nitrogens with zero attached hydrogens (tertiary/aromatic N) is 2. The third kappa shape index (κ3) is 2.91. The molecule has 0 saturated carbocycles. The number of nitrogens with one attached hydrogen (secondary N) is 1. The van der Waals surface area contributed by atoms with Gasteiger partial charge in [0.05, 0.1) is 18.8 Å². The molecule has 24 heavy (non-hydrogen) atoms. The van der Waals surface area contributed by atoms with Crippen LogP contribution in [0.3, 0.4) is 0 Å². The summed E-state index contributed by atoms with van der Waals surface area (Å²) in [4.78, 5) is 26.9. The molecule has 0 radical (unpaired) electrons. The number of amides is 2. The number of esters is 1. The van der Waals surface area contributed by atoms with E-state index in [1.807, 2.05) is 17.2 Å². The fourth-order valence-electron chi connectivity index (χ4n) is 3.19. The van der Waals surface area contributed by atoms with E-state index in [4.69, 9.17) is 4.74 Å². The second-order valence-electron chi connectivity index (χ2n) is 6.09. The zero-order valence-corrected chi connectivity index (χ0v) is 14.8. The number of hydrogen-bond donors (Lipinski definition) is 1. The first-order valence-corrected chi connectivity index (χ1v) is 8.79. The number of aromatic nitrogens is 1. The molecule has 1 aliphatic heterocycles. The van der Waals surface area contributed by atoms with Crippen LogP contribution in [0.25, 0.3) is 0 Å². The monoisotopic (exact) mass is 347 g/mol. The minimum Gasteiger partial charge on any atom is -0.465 e. The Morgan fingerprint density at radius 3 is 2.83 bits per heavy atom. The fourth-order valence-corrected chi connectivity index (χ4v) is 3.95. The Labute approximate surface area is 145 Å². The molecule has 1 atom stereocenters. The zero-order chi connectivity index (χ0) is 17.3. The molecule has 0 bridgehead atoms. The second kappa shape index (κ2) is 6.68. The Bertz CT molecular complexity index is 750. The lowest BCUT2D eigenvalue weighted by Crippen LogP contribution is -2.45. The number of carbonyl (C=O) groups is 2. The van der Waals surface area contributed by atoms with Crippen LogP contribution >= 0.6 is 11.3 Å². The van der Waals surface area contributed by atoms with Crippen molar-refractivity contribution < 1.29 is 14.3 Å². The smallest absolute Gasteiger partial charge is 0.350 e. The molecule has 2 aromatic rings. The lowest BCUT2D eigenvalue weighted by atomic mass is 9.97. The molecule has 3 heterocycles. The van der Waals surface area contributed by atoms with Crippen molar-refractivity contribution in [2.24, 2.45) is 5.92 Å². The van der Waals surface area contributed by atoms with Crippen molar-refractivity contribution in [2.75, 3.05) is 19.0 Å². The molecule has 0 spiro atoms. The summed E-state index contributed by atoms with van der Waals surface area (Å²) < 4.78 is 6.95. The number of urea groups is 1. The maximum Gasteiger partial charge on any atom is 0.350 e. The predicted molar refractivity (Wildman–Crippen MR) is 93.4 cm³/mol. The van der Waals surface area contributed by atoms with Crippen LogP contribution in [0, 0.1) is 5.92 Å². The number of carbonyl (C=O) groups excluding carboxylic acids is 2. The normalized spacial score (nSPS) is 16.8. The van der Waals surface area contributed by atoms with Crippen LogP contribution in [-0.2, 0) is 11.3 Å². The van der Waals surface area contributed by atoms with Gasteiger partial charge in [0, 0.05) is 25.0 Å². The molecule has 0 aromatic carbocycles. The number of hydrogen-bond acceptors (Lipinski definition) is 4. The summed E-state index contributed by atoms with van der Waals surface area (Å²) in [5, 5.41) is 4.64. The third-order valence-corrected chi connectivity index (χ3v) is 5.15. The number of rotatable bonds is 3. The molecule has 7 heteroatoms. The molecule has 0 unspecified atom stereocenters. The van der Waals surface area contributed by atoms with E-state index in [0.717, 1.165) is 12.2 Å². The summed E-state index contributed by atoms with van der Waals surface area (Å²) in [5.74, 6) is -0.152. The van der Waals surface area contributed by atoms with Gasteiger partial charge in [-0.15, -0.1) is 11.3 Å². The van der Waals surface area contributed by atoms with Crippen molar-refractivity contribution in [3.8, 4) is 0 Å². The van der Waals surface area contributed by atoms with E-state index in [0.29, 0.717) is 17.1 Å². The first-order chi connectivity index (χ1) is 11.5. The lowest BCUT2D eigenvalue weighted by Gasteiger charge is -2.39. The maximum atomic E-state index is 12.8. The van der Waals surface area contributed by atoms with Crippen LogP contribution in [0.5, 0.6) is 0 Å². The number of anilines is 1.